The van der Waals surface area contributed by atoms with Crippen LogP contribution < -0.4 is 10.1 Å². The first-order chi connectivity index (χ1) is 11.2. The number of benzene rings is 2. The molecule has 0 bridgehead atoms. The summed E-state index contributed by atoms with van der Waals surface area (Å²) in [5, 5.41) is 4.82. The lowest BCUT2D eigenvalue weighted by atomic mass is 10.2. The van der Waals surface area contributed by atoms with Crippen molar-refractivity contribution in [3.63, 3.8) is 0 Å². The highest BCUT2D eigenvalue weighted by Crippen LogP contribution is 2.18. The standard InChI is InChI=1S/C17H13IN2O2S/c18-13-4-2-5-14(8-13)20-17(21)12-3-1-6-16(7-12)22-9-15-10-23-11-19-15/h1-8,10-11H,9H2,(H,20,21). The molecule has 4 nitrogen and oxygen atoms in total. The number of nitrogens with one attached hydrogen (secondary N) is 1. The van der Waals surface area contributed by atoms with Gasteiger partial charge in [0.15, 0.2) is 0 Å². The number of hydrogen-bond acceptors (Lipinski definition) is 4. The van der Waals surface area contributed by atoms with Crippen LogP contribution in [0.2, 0.25) is 0 Å². The molecule has 2 aromatic carbocycles. The summed E-state index contributed by atoms with van der Waals surface area (Å²) in [6, 6.07) is 14.8. The number of hydrogen-bond donors (Lipinski definition) is 1. The zero-order valence-corrected chi connectivity index (χ0v) is 15.0. The van der Waals surface area contributed by atoms with E-state index in [1.165, 1.54) is 11.3 Å². The van der Waals surface area contributed by atoms with Crippen molar-refractivity contribution in [2.75, 3.05) is 5.32 Å². The molecule has 3 rings (SSSR count). The van der Waals surface area contributed by atoms with Crippen molar-refractivity contribution in [1.82, 2.24) is 4.98 Å². The van der Waals surface area contributed by atoms with E-state index in [0.717, 1.165) is 15.0 Å². The lowest BCUT2D eigenvalue weighted by Crippen LogP contribution is -2.12. The summed E-state index contributed by atoms with van der Waals surface area (Å²) >= 11 is 3.74. The van der Waals surface area contributed by atoms with Crippen LogP contribution in [0.15, 0.2) is 59.4 Å². The molecule has 0 saturated carbocycles. The summed E-state index contributed by atoms with van der Waals surface area (Å²) in [6.45, 7) is 0.394. The van der Waals surface area contributed by atoms with Gasteiger partial charge in [0.2, 0.25) is 0 Å². The average Bonchev–Trinajstić information content (AvgIpc) is 3.07. The second kappa shape index (κ2) is 7.56. The molecule has 0 spiro atoms. The smallest absolute Gasteiger partial charge is 0.255 e. The second-order valence-corrected chi connectivity index (χ2v) is 6.73. The maximum atomic E-state index is 12.3. The highest BCUT2D eigenvalue weighted by Gasteiger charge is 2.08. The van der Waals surface area contributed by atoms with Crippen LogP contribution in [-0.2, 0) is 6.61 Å². The number of halogens is 1. The van der Waals surface area contributed by atoms with E-state index in [2.05, 4.69) is 32.9 Å². The van der Waals surface area contributed by atoms with Gasteiger partial charge in [0.25, 0.3) is 5.91 Å². The quantitative estimate of drug-likeness (QED) is 0.596. The van der Waals surface area contributed by atoms with Crippen molar-refractivity contribution in [3.05, 3.63) is 74.2 Å². The largest absolute Gasteiger partial charge is 0.487 e. The summed E-state index contributed by atoms with van der Waals surface area (Å²) in [4.78, 5) is 16.5. The highest BCUT2D eigenvalue weighted by molar-refractivity contribution is 14.1. The van der Waals surface area contributed by atoms with Gasteiger partial charge in [-0.05, 0) is 59.0 Å². The molecule has 1 N–H and O–H groups in total. The number of carbonyl (C=O) groups is 1. The molecule has 23 heavy (non-hydrogen) atoms. The minimum Gasteiger partial charge on any atom is -0.487 e. The molecule has 0 fully saturated rings. The van der Waals surface area contributed by atoms with Crippen LogP contribution in [0.5, 0.6) is 5.75 Å². The Hall–Kier alpha value is -1.93. The Morgan fingerprint density at radius 1 is 1.22 bits per heavy atom. The average molecular weight is 436 g/mol. The van der Waals surface area contributed by atoms with E-state index in [4.69, 9.17) is 4.74 Å². The van der Waals surface area contributed by atoms with Crippen molar-refractivity contribution in [3.8, 4) is 5.75 Å². The Morgan fingerprint density at radius 3 is 2.87 bits per heavy atom. The van der Waals surface area contributed by atoms with Crippen LogP contribution in [-0.4, -0.2) is 10.9 Å². The first-order valence-corrected chi connectivity index (χ1v) is 8.90. The van der Waals surface area contributed by atoms with E-state index in [1.807, 2.05) is 35.7 Å². The zero-order chi connectivity index (χ0) is 16.1. The number of amides is 1. The van der Waals surface area contributed by atoms with Crippen molar-refractivity contribution in [1.29, 1.82) is 0 Å². The summed E-state index contributed by atoms with van der Waals surface area (Å²) < 4.78 is 6.74. The van der Waals surface area contributed by atoms with Crippen LogP contribution in [0.25, 0.3) is 0 Å². The SMILES string of the molecule is O=C(Nc1cccc(I)c1)c1cccc(OCc2cscn2)c1. The maximum absolute atomic E-state index is 12.3. The van der Waals surface area contributed by atoms with E-state index in [1.54, 1.807) is 23.7 Å². The topological polar surface area (TPSA) is 51.2 Å². The number of thiazole rings is 1. The Balaban J connectivity index is 1.67. The molecule has 1 amide bonds. The Labute approximate surface area is 151 Å². The maximum Gasteiger partial charge on any atom is 0.255 e. The third-order valence-corrected chi connectivity index (χ3v) is 4.36. The van der Waals surface area contributed by atoms with E-state index in [-0.39, 0.29) is 5.91 Å². The van der Waals surface area contributed by atoms with Crippen LogP contribution in [0.4, 0.5) is 5.69 Å². The van der Waals surface area contributed by atoms with Crippen molar-refractivity contribution in [2.24, 2.45) is 0 Å². The molecule has 3 aromatic rings. The zero-order valence-electron chi connectivity index (χ0n) is 12.0. The number of aromatic nitrogens is 1. The third-order valence-electron chi connectivity index (χ3n) is 3.05. The fourth-order valence-corrected chi connectivity index (χ4v) is 3.05. The van der Waals surface area contributed by atoms with Gasteiger partial charge in [-0.25, -0.2) is 4.98 Å². The van der Waals surface area contributed by atoms with Crippen molar-refractivity contribution in [2.45, 2.75) is 6.61 Å². The van der Waals surface area contributed by atoms with Gasteiger partial charge >= 0.3 is 0 Å². The molecule has 0 unspecified atom stereocenters. The highest BCUT2D eigenvalue weighted by atomic mass is 127. The molecule has 116 valence electrons. The number of carbonyl (C=O) groups excluding carboxylic acids is 1. The third kappa shape index (κ3) is 4.52. The monoisotopic (exact) mass is 436 g/mol. The number of rotatable bonds is 5. The molecular formula is C17H13IN2O2S. The Kier molecular flexibility index (Phi) is 5.24. The predicted octanol–water partition coefficient (Wildman–Crippen LogP) is 4.58. The van der Waals surface area contributed by atoms with Gasteiger partial charge in [-0.3, -0.25) is 4.79 Å². The molecule has 0 aliphatic heterocycles. The first-order valence-electron chi connectivity index (χ1n) is 6.87. The summed E-state index contributed by atoms with van der Waals surface area (Å²) in [6.07, 6.45) is 0. The van der Waals surface area contributed by atoms with Gasteiger partial charge in [0.1, 0.15) is 12.4 Å². The van der Waals surface area contributed by atoms with Gasteiger partial charge < -0.3 is 10.1 Å². The fraction of sp³-hybridized carbons (Fsp3) is 0.0588. The van der Waals surface area contributed by atoms with Crippen LogP contribution in [0, 0.1) is 3.57 Å². The van der Waals surface area contributed by atoms with E-state index < -0.39 is 0 Å². The van der Waals surface area contributed by atoms with E-state index in [9.17, 15) is 4.79 Å². The van der Waals surface area contributed by atoms with E-state index >= 15 is 0 Å². The van der Waals surface area contributed by atoms with Crippen molar-refractivity contribution >= 4 is 45.5 Å². The van der Waals surface area contributed by atoms with Gasteiger partial charge in [-0.2, -0.15) is 0 Å². The van der Waals surface area contributed by atoms with Crippen molar-refractivity contribution < 1.29 is 9.53 Å². The van der Waals surface area contributed by atoms with Gasteiger partial charge in [-0.1, -0.05) is 12.1 Å². The molecule has 6 heteroatoms. The lowest BCUT2D eigenvalue weighted by Gasteiger charge is -2.08. The molecular weight excluding hydrogens is 423 g/mol. The summed E-state index contributed by atoms with van der Waals surface area (Å²) in [5.41, 5.74) is 3.98. The number of nitrogens with zero attached hydrogens (tertiary/aromatic N) is 1. The van der Waals surface area contributed by atoms with Gasteiger partial charge in [0, 0.05) is 20.2 Å². The van der Waals surface area contributed by atoms with Gasteiger partial charge in [-0.15, -0.1) is 11.3 Å². The number of anilines is 1. The molecule has 1 heterocycles. The molecule has 0 aliphatic carbocycles. The van der Waals surface area contributed by atoms with E-state index in [0.29, 0.717) is 17.9 Å². The molecule has 0 radical (unpaired) electrons. The molecule has 1 aromatic heterocycles. The van der Waals surface area contributed by atoms with Crippen LogP contribution in [0.1, 0.15) is 16.1 Å². The van der Waals surface area contributed by atoms with Gasteiger partial charge in [0.05, 0.1) is 11.2 Å². The minimum absolute atomic E-state index is 0.161. The Morgan fingerprint density at radius 2 is 2.09 bits per heavy atom. The first kappa shape index (κ1) is 15.9. The minimum atomic E-state index is -0.161. The molecule has 0 saturated heterocycles. The van der Waals surface area contributed by atoms with Crippen LogP contribution in [0.3, 0.4) is 0 Å². The molecule has 0 atom stereocenters. The summed E-state index contributed by atoms with van der Waals surface area (Å²) in [7, 11) is 0. The normalized spacial score (nSPS) is 10.3. The Bertz CT molecular complexity index is 806. The predicted molar refractivity (Wildman–Crippen MR) is 100 cm³/mol. The number of ether oxygens (including phenoxy) is 1. The summed E-state index contributed by atoms with van der Waals surface area (Å²) in [5.74, 6) is 0.486. The fourth-order valence-electron chi connectivity index (χ4n) is 1.96. The second-order valence-electron chi connectivity index (χ2n) is 4.76. The van der Waals surface area contributed by atoms with Crippen LogP contribution >= 0.6 is 33.9 Å². The lowest BCUT2D eigenvalue weighted by molar-refractivity contribution is 0.102. The molecule has 0 aliphatic rings.